The molecule has 1 amide bonds. The number of nitrogens with one attached hydrogen (secondary N) is 1. The summed E-state index contributed by atoms with van der Waals surface area (Å²) >= 11 is 3.47. The van der Waals surface area contributed by atoms with Gasteiger partial charge in [0, 0.05) is 34.7 Å². The number of rotatable bonds is 5. The number of alkyl halides is 3. The zero-order valence-corrected chi connectivity index (χ0v) is 21.6. The van der Waals surface area contributed by atoms with Crippen molar-refractivity contribution in [1.82, 2.24) is 15.3 Å². The van der Waals surface area contributed by atoms with Gasteiger partial charge < -0.3 is 25.4 Å². The Balaban J connectivity index is 1.47. The summed E-state index contributed by atoms with van der Waals surface area (Å²) in [6.07, 6.45) is -3.51. The lowest BCUT2D eigenvalue weighted by Crippen LogP contribution is -2.47. The molecular weight excluding hydrogens is 543 g/mol. The molecule has 0 aromatic carbocycles. The van der Waals surface area contributed by atoms with Crippen molar-refractivity contribution in [1.29, 1.82) is 0 Å². The van der Waals surface area contributed by atoms with E-state index in [0.29, 0.717) is 26.0 Å². The van der Waals surface area contributed by atoms with Crippen LogP contribution in [-0.2, 0) is 20.4 Å². The van der Waals surface area contributed by atoms with Gasteiger partial charge in [-0.3, -0.25) is 9.78 Å². The Hall–Kier alpha value is -2.28. The third-order valence-corrected chi connectivity index (χ3v) is 7.02. The van der Waals surface area contributed by atoms with Crippen LogP contribution in [0.25, 0.3) is 0 Å². The molecule has 2 aliphatic heterocycles. The Kier molecular flexibility index (Phi) is 8.18. The summed E-state index contributed by atoms with van der Waals surface area (Å²) in [5.41, 5.74) is 7.46. The molecule has 4 rings (SSSR count). The van der Waals surface area contributed by atoms with Crippen LogP contribution in [0, 0.1) is 12.8 Å². The summed E-state index contributed by atoms with van der Waals surface area (Å²) in [6, 6.07) is 4.22. The molecule has 4 unspecified atom stereocenters. The number of ether oxygens (including phenoxy) is 2. The van der Waals surface area contributed by atoms with Crippen molar-refractivity contribution in [3.63, 3.8) is 0 Å². The van der Waals surface area contributed by atoms with Gasteiger partial charge >= 0.3 is 6.18 Å². The second-order valence-corrected chi connectivity index (χ2v) is 10.0. The lowest BCUT2D eigenvalue weighted by atomic mass is 9.90. The van der Waals surface area contributed by atoms with E-state index in [-0.39, 0.29) is 42.3 Å². The summed E-state index contributed by atoms with van der Waals surface area (Å²) in [5, 5.41) is 2.78. The van der Waals surface area contributed by atoms with Crippen LogP contribution in [-0.4, -0.2) is 48.3 Å². The maximum absolute atomic E-state index is 13.3. The molecule has 3 N–H and O–H groups in total. The van der Waals surface area contributed by atoms with E-state index >= 15 is 0 Å². The Labute approximate surface area is 215 Å². The molecule has 196 valence electrons. The van der Waals surface area contributed by atoms with Gasteiger partial charge in [0.25, 0.3) is 0 Å². The molecular formula is C24H29BrF3N5O3. The minimum atomic E-state index is -4.62. The number of nitrogens with zero attached hydrogens (tertiary/aromatic N) is 3. The highest BCUT2D eigenvalue weighted by atomic mass is 79.9. The van der Waals surface area contributed by atoms with Crippen molar-refractivity contribution < 1.29 is 27.4 Å². The van der Waals surface area contributed by atoms with Crippen molar-refractivity contribution in [2.45, 2.75) is 51.2 Å². The largest absolute Gasteiger partial charge is 0.433 e. The highest BCUT2D eigenvalue weighted by molar-refractivity contribution is 9.10. The number of aryl methyl sites for hydroxylation is 1. The van der Waals surface area contributed by atoms with E-state index in [1.54, 1.807) is 6.20 Å². The van der Waals surface area contributed by atoms with Gasteiger partial charge in [-0.1, -0.05) is 6.07 Å². The number of carbonyl (C=O) groups is 1. The van der Waals surface area contributed by atoms with E-state index < -0.39 is 24.1 Å². The Morgan fingerprint density at radius 2 is 2.11 bits per heavy atom. The fourth-order valence-corrected chi connectivity index (χ4v) is 5.03. The van der Waals surface area contributed by atoms with E-state index in [4.69, 9.17) is 15.2 Å². The first-order valence-electron chi connectivity index (χ1n) is 11.8. The first kappa shape index (κ1) is 26.8. The molecule has 8 nitrogen and oxygen atoms in total. The maximum Gasteiger partial charge on any atom is 0.433 e. The summed E-state index contributed by atoms with van der Waals surface area (Å²) in [7, 11) is 0. The van der Waals surface area contributed by atoms with Gasteiger partial charge in [-0.15, -0.1) is 0 Å². The summed E-state index contributed by atoms with van der Waals surface area (Å²) in [4.78, 5) is 23.6. The van der Waals surface area contributed by atoms with Crippen LogP contribution in [0.2, 0.25) is 0 Å². The second-order valence-electron chi connectivity index (χ2n) is 9.11. The van der Waals surface area contributed by atoms with E-state index in [0.717, 1.165) is 21.9 Å². The van der Waals surface area contributed by atoms with Crippen LogP contribution >= 0.6 is 15.9 Å². The van der Waals surface area contributed by atoms with Crippen molar-refractivity contribution in [2.75, 3.05) is 31.3 Å². The number of carbonyl (C=O) groups excluding carboxylic acids is 1. The fourth-order valence-electron chi connectivity index (χ4n) is 4.71. The predicted octanol–water partition coefficient (Wildman–Crippen LogP) is 4.03. The lowest BCUT2D eigenvalue weighted by Gasteiger charge is -2.39. The minimum absolute atomic E-state index is 0.0261. The SMILES string of the molecule is Cc1ncc(Br)cc1N1CCC(C(=O)NC(N)c2ccc(C(F)(F)F)nc2C2COCCO2)CC1C. The molecule has 2 aliphatic rings. The zero-order chi connectivity index (χ0) is 26.0. The van der Waals surface area contributed by atoms with Crippen LogP contribution in [0.15, 0.2) is 28.9 Å². The predicted molar refractivity (Wildman–Crippen MR) is 130 cm³/mol. The first-order chi connectivity index (χ1) is 17.0. The summed E-state index contributed by atoms with van der Waals surface area (Å²) in [6.45, 7) is 5.30. The Morgan fingerprint density at radius 3 is 2.78 bits per heavy atom. The Morgan fingerprint density at radius 1 is 1.33 bits per heavy atom. The fraction of sp³-hybridized carbons (Fsp3) is 0.542. The molecule has 0 saturated carbocycles. The van der Waals surface area contributed by atoms with Crippen LogP contribution < -0.4 is 16.0 Å². The number of hydrogen-bond donors (Lipinski definition) is 2. The highest BCUT2D eigenvalue weighted by Gasteiger charge is 2.36. The van der Waals surface area contributed by atoms with E-state index in [9.17, 15) is 18.0 Å². The summed E-state index contributed by atoms with van der Waals surface area (Å²) < 4.78 is 51.8. The molecule has 12 heteroatoms. The number of piperidine rings is 1. The third kappa shape index (κ3) is 5.99. The standard InChI is InChI=1S/C24H29BrF3N5O3/c1-13-9-15(5-6-33(13)18-10-16(25)11-30-14(18)2)23(34)32-22(29)17-3-4-20(24(26,27)28)31-21(17)19-12-35-7-8-36-19/h3-4,10-11,13,15,19,22H,5-9,12,29H2,1-2H3,(H,32,34). The number of halogens is 4. The van der Waals surface area contributed by atoms with Gasteiger partial charge in [-0.05, 0) is 54.8 Å². The average molecular weight is 572 g/mol. The van der Waals surface area contributed by atoms with Crippen molar-refractivity contribution in [2.24, 2.45) is 11.7 Å². The zero-order valence-electron chi connectivity index (χ0n) is 20.0. The van der Waals surface area contributed by atoms with Gasteiger partial charge in [0.15, 0.2) is 0 Å². The normalized spacial score (nSPS) is 23.9. The number of anilines is 1. The average Bonchev–Trinajstić information content (AvgIpc) is 2.85. The Bertz CT molecular complexity index is 1100. The molecule has 4 atom stereocenters. The van der Waals surface area contributed by atoms with Gasteiger partial charge in [0.05, 0.1) is 36.9 Å². The van der Waals surface area contributed by atoms with E-state index in [1.165, 1.54) is 6.07 Å². The van der Waals surface area contributed by atoms with Gasteiger partial charge in [0.2, 0.25) is 5.91 Å². The minimum Gasteiger partial charge on any atom is -0.376 e. The van der Waals surface area contributed by atoms with Crippen molar-refractivity contribution in [3.8, 4) is 0 Å². The van der Waals surface area contributed by atoms with Crippen LogP contribution in [0.3, 0.4) is 0 Å². The lowest BCUT2D eigenvalue weighted by molar-refractivity contribution is -0.142. The third-order valence-electron chi connectivity index (χ3n) is 6.58. The quantitative estimate of drug-likeness (QED) is 0.522. The molecule has 4 heterocycles. The van der Waals surface area contributed by atoms with Gasteiger partial charge in [-0.25, -0.2) is 4.98 Å². The smallest absolute Gasteiger partial charge is 0.376 e. The first-order valence-corrected chi connectivity index (χ1v) is 12.6. The monoisotopic (exact) mass is 571 g/mol. The number of pyridine rings is 2. The molecule has 2 aromatic heterocycles. The maximum atomic E-state index is 13.3. The number of aromatic nitrogens is 2. The highest BCUT2D eigenvalue weighted by Crippen LogP contribution is 2.34. The number of amides is 1. The topological polar surface area (TPSA) is 103 Å². The van der Waals surface area contributed by atoms with Gasteiger partial charge in [0.1, 0.15) is 18.0 Å². The van der Waals surface area contributed by atoms with E-state index in [2.05, 4.69) is 43.0 Å². The molecule has 2 aromatic rings. The number of nitrogens with two attached hydrogens (primary N) is 1. The molecule has 2 fully saturated rings. The van der Waals surface area contributed by atoms with Crippen LogP contribution in [0.5, 0.6) is 0 Å². The van der Waals surface area contributed by atoms with Gasteiger partial charge in [-0.2, -0.15) is 13.2 Å². The van der Waals surface area contributed by atoms with Crippen molar-refractivity contribution >= 4 is 27.5 Å². The molecule has 0 bridgehead atoms. The molecule has 2 saturated heterocycles. The molecule has 0 radical (unpaired) electrons. The van der Waals surface area contributed by atoms with E-state index in [1.807, 2.05) is 13.0 Å². The van der Waals surface area contributed by atoms with Crippen LogP contribution in [0.1, 0.15) is 54.7 Å². The van der Waals surface area contributed by atoms with Crippen molar-refractivity contribution in [3.05, 3.63) is 51.5 Å². The van der Waals surface area contributed by atoms with Crippen LogP contribution in [0.4, 0.5) is 18.9 Å². The summed E-state index contributed by atoms with van der Waals surface area (Å²) in [5.74, 6) is -0.535. The molecule has 36 heavy (non-hydrogen) atoms. The molecule has 0 aliphatic carbocycles. The molecule has 0 spiro atoms. The number of hydrogen-bond acceptors (Lipinski definition) is 7. The second kappa shape index (κ2) is 11.0.